The van der Waals surface area contributed by atoms with Gasteiger partial charge < -0.3 is 15.3 Å². The maximum Gasteiger partial charge on any atom is 0.310 e. The van der Waals surface area contributed by atoms with Crippen LogP contribution in [0.4, 0.5) is 0 Å². The number of nitrogens with zero attached hydrogens (tertiary/aromatic N) is 1. The van der Waals surface area contributed by atoms with Crippen LogP contribution in [0.5, 0.6) is 0 Å². The molecular formula is C26H32N2O3. The van der Waals surface area contributed by atoms with E-state index < -0.39 is 11.4 Å². The smallest absolute Gasteiger partial charge is 0.310 e. The highest BCUT2D eigenvalue weighted by atomic mass is 16.4. The van der Waals surface area contributed by atoms with E-state index in [2.05, 4.69) is 5.32 Å². The highest BCUT2D eigenvalue weighted by molar-refractivity contribution is 6.28. The van der Waals surface area contributed by atoms with Crippen LogP contribution in [0.1, 0.15) is 54.1 Å². The molecule has 0 radical (unpaired) electrons. The highest BCUT2D eigenvalue weighted by Crippen LogP contribution is 2.37. The number of allylic oxidation sites excluding steroid dienone is 1. The number of carbonyl (C=O) groups is 2. The lowest BCUT2D eigenvalue weighted by molar-refractivity contribution is -0.146. The van der Waals surface area contributed by atoms with Crippen LogP contribution in [0.15, 0.2) is 60.8 Å². The number of ketones is 1. The van der Waals surface area contributed by atoms with Crippen molar-refractivity contribution in [1.82, 2.24) is 10.2 Å². The molecule has 2 atom stereocenters. The van der Waals surface area contributed by atoms with Crippen molar-refractivity contribution in [1.29, 1.82) is 0 Å². The van der Waals surface area contributed by atoms with Crippen LogP contribution < -0.4 is 5.32 Å². The molecule has 0 bridgehead atoms. The Morgan fingerprint density at radius 3 is 2.19 bits per heavy atom. The average molecular weight is 421 g/mol. The minimum atomic E-state index is -0.793. The van der Waals surface area contributed by atoms with Gasteiger partial charge in [-0.3, -0.25) is 9.59 Å². The Bertz CT molecular complexity index is 946. The number of carbonyl (C=O) groups excluding carboxylic acids is 1. The van der Waals surface area contributed by atoms with Gasteiger partial charge in [0.15, 0.2) is 5.78 Å². The van der Waals surface area contributed by atoms with Gasteiger partial charge in [-0.1, -0.05) is 54.6 Å². The molecule has 5 nitrogen and oxygen atoms in total. The van der Waals surface area contributed by atoms with E-state index in [-0.39, 0.29) is 11.8 Å². The van der Waals surface area contributed by atoms with E-state index in [1.54, 1.807) is 13.8 Å². The molecule has 1 aliphatic carbocycles. The van der Waals surface area contributed by atoms with Crippen LogP contribution >= 0.6 is 0 Å². The Morgan fingerprint density at radius 2 is 1.68 bits per heavy atom. The van der Waals surface area contributed by atoms with E-state index in [1.165, 1.54) is 5.56 Å². The lowest BCUT2D eigenvalue weighted by atomic mass is 9.74. The SMILES string of the molecule is CN(C)/C=C(/C(=O)c1ccc(C2CCC2NCC(C)(C)C(=O)O)cc1)c1ccccc1. The summed E-state index contributed by atoms with van der Waals surface area (Å²) in [4.78, 5) is 26.4. The summed E-state index contributed by atoms with van der Waals surface area (Å²) in [6.45, 7) is 3.92. The number of carboxylic acid groups (broad SMARTS) is 1. The topological polar surface area (TPSA) is 69.6 Å². The molecule has 5 heteroatoms. The van der Waals surface area contributed by atoms with Gasteiger partial charge in [-0.05, 0) is 43.7 Å². The zero-order chi connectivity index (χ0) is 22.6. The first kappa shape index (κ1) is 22.8. The van der Waals surface area contributed by atoms with Gasteiger partial charge in [-0.15, -0.1) is 0 Å². The number of aliphatic carboxylic acids is 1. The van der Waals surface area contributed by atoms with Crippen molar-refractivity contribution < 1.29 is 14.7 Å². The maximum atomic E-state index is 13.2. The Morgan fingerprint density at radius 1 is 1.03 bits per heavy atom. The van der Waals surface area contributed by atoms with Crippen LogP contribution in [0.25, 0.3) is 5.57 Å². The molecule has 2 unspecified atom stereocenters. The molecule has 0 amide bonds. The molecule has 0 heterocycles. The average Bonchev–Trinajstić information content (AvgIpc) is 2.71. The molecule has 0 spiro atoms. The third-order valence-electron chi connectivity index (χ3n) is 5.98. The molecule has 1 aliphatic rings. The maximum absolute atomic E-state index is 13.2. The summed E-state index contributed by atoms with van der Waals surface area (Å²) in [6, 6.07) is 17.9. The first-order chi connectivity index (χ1) is 14.7. The summed E-state index contributed by atoms with van der Waals surface area (Å²) >= 11 is 0. The molecule has 2 N–H and O–H groups in total. The molecule has 1 fully saturated rings. The number of nitrogens with one attached hydrogen (secondary N) is 1. The Kier molecular flexibility index (Phi) is 6.96. The molecule has 3 rings (SSSR count). The fourth-order valence-corrected chi connectivity index (χ4v) is 3.78. The van der Waals surface area contributed by atoms with Crippen LogP contribution in [0.2, 0.25) is 0 Å². The summed E-state index contributed by atoms with van der Waals surface area (Å²) in [5.41, 5.74) is 2.62. The number of hydrogen-bond donors (Lipinski definition) is 2. The van der Waals surface area contributed by atoms with E-state index in [0.29, 0.717) is 23.6 Å². The van der Waals surface area contributed by atoms with Crippen molar-refractivity contribution in [3.63, 3.8) is 0 Å². The van der Waals surface area contributed by atoms with Crippen molar-refractivity contribution in [2.45, 2.75) is 38.6 Å². The van der Waals surface area contributed by atoms with E-state index >= 15 is 0 Å². The lowest BCUT2D eigenvalue weighted by Crippen LogP contribution is -2.47. The molecule has 0 aromatic heterocycles. The van der Waals surface area contributed by atoms with Crippen LogP contribution in [0, 0.1) is 5.41 Å². The van der Waals surface area contributed by atoms with Crippen molar-refractivity contribution >= 4 is 17.3 Å². The van der Waals surface area contributed by atoms with Gasteiger partial charge in [-0.25, -0.2) is 0 Å². The summed E-state index contributed by atoms with van der Waals surface area (Å²) in [6.07, 6.45) is 3.96. The highest BCUT2D eigenvalue weighted by Gasteiger charge is 2.35. The first-order valence-corrected chi connectivity index (χ1v) is 10.7. The predicted octanol–water partition coefficient (Wildman–Crippen LogP) is 4.42. The van der Waals surface area contributed by atoms with Gasteiger partial charge in [0.05, 0.1) is 5.41 Å². The normalized spacial score (nSPS) is 18.9. The standard InChI is InChI=1S/C26H32N2O3/c1-26(2,25(30)31)17-27-23-15-14-21(23)19-10-12-20(13-11-19)24(29)22(16-28(3)4)18-8-6-5-7-9-18/h5-13,16,21,23,27H,14-15,17H2,1-4H3,(H,30,31)/b22-16+. The second kappa shape index (κ2) is 9.48. The van der Waals surface area contributed by atoms with Gasteiger partial charge in [0, 0.05) is 44.0 Å². The number of Topliss-reactive ketones (excluding diaryl/α,β-unsaturated/α-hetero) is 1. The number of carboxylic acids is 1. The van der Waals surface area contributed by atoms with Gasteiger partial charge in [0.1, 0.15) is 0 Å². The van der Waals surface area contributed by atoms with Crippen molar-refractivity contribution in [2.24, 2.45) is 5.41 Å². The molecule has 0 aliphatic heterocycles. The molecular weight excluding hydrogens is 388 g/mol. The summed E-state index contributed by atoms with van der Waals surface area (Å²) in [5.74, 6) is -0.448. The van der Waals surface area contributed by atoms with Crippen molar-refractivity contribution in [2.75, 3.05) is 20.6 Å². The summed E-state index contributed by atoms with van der Waals surface area (Å²) in [7, 11) is 3.82. The zero-order valence-electron chi connectivity index (χ0n) is 18.8. The summed E-state index contributed by atoms with van der Waals surface area (Å²) in [5, 5.41) is 12.7. The molecule has 1 saturated carbocycles. The molecule has 0 saturated heterocycles. The van der Waals surface area contributed by atoms with Gasteiger partial charge >= 0.3 is 5.97 Å². The fourth-order valence-electron chi connectivity index (χ4n) is 3.78. The van der Waals surface area contributed by atoms with Gasteiger partial charge in [0.2, 0.25) is 0 Å². The second-order valence-electron chi connectivity index (χ2n) is 9.18. The largest absolute Gasteiger partial charge is 0.481 e. The predicted molar refractivity (Wildman–Crippen MR) is 124 cm³/mol. The number of benzene rings is 2. The third-order valence-corrected chi connectivity index (χ3v) is 5.98. The molecule has 164 valence electrons. The molecule has 31 heavy (non-hydrogen) atoms. The van der Waals surface area contributed by atoms with E-state index in [4.69, 9.17) is 0 Å². The second-order valence-corrected chi connectivity index (χ2v) is 9.18. The van der Waals surface area contributed by atoms with Crippen LogP contribution in [-0.4, -0.2) is 48.4 Å². The Hall–Kier alpha value is -2.92. The Balaban J connectivity index is 1.72. The minimum absolute atomic E-state index is 0.00191. The lowest BCUT2D eigenvalue weighted by Gasteiger charge is -2.39. The number of rotatable bonds is 9. The van der Waals surface area contributed by atoms with Crippen molar-refractivity contribution in [3.8, 4) is 0 Å². The zero-order valence-corrected chi connectivity index (χ0v) is 18.8. The fraction of sp³-hybridized carbons (Fsp3) is 0.385. The minimum Gasteiger partial charge on any atom is -0.481 e. The Labute approximate surface area is 184 Å². The molecule has 2 aromatic carbocycles. The van der Waals surface area contributed by atoms with E-state index in [0.717, 1.165) is 18.4 Å². The van der Waals surface area contributed by atoms with E-state index in [9.17, 15) is 14.7 Å². The van der Waals surface area contributed by atoms with Gasteiger partial charge in [0.25, 0.3) is 0 Å². The van der Waals surface area contributed by atoms with E-state index in [1.807, 2.05) is 79.8 Å². The third kappa shape index (κ3) is 5.42. The van der Waals surface area contributed by atoms with Gasteiger partial charge in [-0.2, -0.15) is 0 Å². The van der Waals surface area contributed by atoms with Crippen LogP contribution in [0.3, 0.4) is 0 Å². The quantitative estimate of drug-likeness (QED) is 0.464. The molecule has 2 aromatic rings. The van der Waals surface area contributed by atoms with Crippen LogP contribution in [-0.2, 0) is 4.79 Å². The number of hydrogen-bond acceptors (Lipinski definition) is 4. The van der Waals surface area contributed by atoms with Crippen molar-refractivity contribution in [3.05, 3.63) is 77.5 Å². The summed E-state index contributed by atoms with van der Waals surface area (Å²) < 4.78 is 0. The monoisotopic (exact) mass is 420 g/mol. The first-order valence-electron chi connectivity index (χ1n) is 10.7.